The van der Waals surface area contributed by atoms with Crippen LogP contribution in [0.1, 0.15) is 19.4 Å². The number of benzene rings is 2. The van der Waals surface area contributed by atoms with E-state index in [-0.39, 0.29) is 24.0 Å². The van der Waals surface area contributed by atoms with Gasteiger partial charge < -0.3 is 18.8 Å². The first-order chi connectivity index (χ1) is 14.1. The van der Waals surface area contributed by atoms with E-state index in [9.17, 15) is 4.79 Å². The van der Waals surface area contributed by atoms with E-state index in [0.717, 1.165) is 17.7 Å². The highest BCUT2D eigenvalue weighted by atomic mass is 32.2. The van der Waals surface area contributed by atoms with Crippen LogP contribution in [0.25, 0.3) is 11.5 Å². The molecule has 3 aromatic rings. The highest BCUT2D eigenvalue weighted by Crippen LogP contribution is 2.37. The maximum absolute atomic E-state index is 13.1. The first kappa shape index (κ1) is 18.1. The van der Waals surface area contributed by atoms with Crippen LogP contribution < -0.4 is 14.4 Å². The van der Waals surface area contributed by atoms with Crippen molar-refractivity contribution in [2.45, 2.75) is 36.8 Å². The number of ether oxygens (including phenoxy) is 2. The van der Waals surface area contributed by atoms with Crippen molar-refractivity contribution >= 4 is 23.4 Å². The Morgan fingerprint density at radius 1 is 1.17 bits per heavy atom. The minimum absolute atomic E-state index is 0.0373. The molecule has 2 aromatic carbocycles. The smallest absolute Gasteiger partial charge is 0.277 e. The number of hydrogen-bond donors (Lipinski definition) is 0. The Morgan fingerprint density at radius 2 is 2.00 bits per heavy atom. The molecule has 0 radical (unpaired) electrons. The lowest BCUT2D eigenvalue weighted by atomic mass is 10.1. The fourth-order valence-electron chi connectivity index (χ4n) is 3.70. The van der Waals surface area contributed by atoms with E-state index in [1.165, 1.54) is 17.3 Å². The highest BCUT2D eigenvalue weighted by Gasteiger charge is 2.34. The summed E-state index contributed by atoms with van der Waals surface area (Å²) in [5, 5.41) is 8.22. The van der Waals surface area contributed by atoms with Gasteiger partial charge in [-0.1, -0.05) is 30.0 Å². The second-order valence-electron chi connectivity index (χ2n) is 7.09. The molecule has 29 heavy (non-hydrogen) atoms. The van der Waals surface area contributed by atoms with Gasteiger partial charge >= 0.3 is 0 Å². The van der Waals surface area contributed by atoms with E-state index in [0.29, 0.717) is 22.6 Å². The summed E-state index contributed by atoms with van der Waals surface area (Å²) in [4.78, 5) is 15.0. The van der Waals surface area contributed by atoms with Crippen molar-refractivity contribution < 1.29 is 18.7 Å². The van der Waals surface area contributed by atoms with Gasteiger partial charge in [0.2, 0.25) is 18.6 Å². The van der Waals surface area contributed by atoms with Crippen molar-refractivity contribution in [3.8, 4) is 23.0 Å². The molecule has 1 amide bonds. The molecule has 0 aliphatic carbocycles. The second kappa shape index (κ2) is 7.11. The zero-order valence-corrected chi connectivity index (χ0v) is 16.8. The average Bonchev–Trinajstić information content (AvgIpc) is 3.44. The van der Waals surface area contributed by atoms with Crippen molar-refractivity contribution in [3.05, 3.63) is 48.0 Å². The Kier molecular flexibility index (Phi) is 4.43. The molecule has 2 aliphatic rings. The van der Waals surface area contributed by atoms with Gasteiger partial charge in [0.1, 0.15) is 0 Å². The highest BCUT2D eigenvalue weighted by molar-refractivity contribution is 8.00. The molecule has 2 aliphatic heterocycles. The molecule has 5 rings (SSSR count). The number of aromatic nitrogens is 2. The maximum atomic E-state index is 13.1. The summed E-state index contributed by atoms with van der Waals surface area (Å²) in [5.74, 6) is 1.77. The van der Waals surface area contributed by atoms with Crippen LogP contribution in [-0.2, 0) is 11.2 Å². The number of thioether (sulfide) groups is 1. The molecule has 1 aromatic heterocycles. The molecule has 0 spiro atoms. The number of nitrogens with zero attached hydrogens (tertiary/aromatic N) is 3. The number of carbonyl (C=O) groups excluding carboxylic acids is 1. The van der Waals surface area contributed by atoms with Gasteiger partial charge in [0.25, 0.3) is 5.22 Å². The Bertz CT molecular complexity index is 1080. The summed E-state index contributed by atoms with van der Waals surface area (Å²) in [5.41, 5.74) is 2.94. The van der Waals surface area contributed by atoms with Gasteiger partial charge in [-0.15, -0.1) is 10.2 Å². The topological polar surface area (TPSA) is 77.7 Å². The lowest BCUT2D eigenvalue weighted by Crippen LogP contribution is -2.40. The molecule has 0 N–H and O–H groups in total. The zero-order chi connectivity index (χ0) is 20.0. The fraction of sp³-hybridized carbons (Fsp3) is 0.286. The molecule has 3 heterocycles. The summed E-state index contributed by atoms with van der Waals surface area (Å²) < 4.78 is 16.5. The maximum Gasteiger partial charge on any atom is 0.277 e. The summed E-state index contributed by atoms with van der Waals surface area (Å²) in [7, 11) is 0. The van der Waals surface area contributed by atoms with Crippen molar-refractivity contribution in [3.63, 3.8) is 0 Å². The molecular formula is C21H19N3O4S. The first-order valence-electron chi connectivity index (χ1n) is 9.41. The largest absolute Gasteiger partial charge is 0.454 e. The standard InChI is InChI=1S/C21H19N3O4S/c1-12-9-14-5-3-4-6-16(14)24(12)20(25)13(2)29-21-23-22-19(28-21)15-7-8-17-18(10-15)27-11-26-17/h3-8,10,12-13H,9,11H2,1-2H3/t12-,13-/m0/s1. The minimum Gasteiger partial charge on any atom is -0.454 e. The predicted octanol–water partition coefficient (Wildman–Crippen LogP) is 3.92. The van der Waals surface area contributed by atoms with Gasteiger partial charge in [-0.25, -0.2) is 0 Å². The van der Waals surface area contributed by atoms with Crippen LogP contribution in [0, 0.1) is 0 Å². The average molecular weight is 409 g/mol. The van der Waals surface area contributed by atoms with E-state index < -0.39 is 0 Å². The lowest BCUT2D eigenvalue weighted by molar-refractivity contribution is -0.118. The van der Waals surface area contributed by atoms with Crippen molar-refractivity contribution in [1.29, 1.82) is 0 Å². The third kappa shape index (κ3) is 3.23. The molecule has 2 atom stereocenters. The van der Waals surface area contributed by atoms with Crippen LogP contribution in [0.4, 0.5) is 5.69 Å². The molecule has 0 fully saturated rings. The third-order valence-corrected chi connectivity index (χ3v) is 6.02. The van der Waals surface area contributed by atoms with Crippen LogP contribution in [-0.4, -0.2) is 34.2 Å². The monoisotopic (exact) mass is 409 g/mol. The van der Waals surface area contributed by atoms with Gasteiger partial charge in [0, 0.05) is 17.3 Å². The third-order valence-electron chi connectivity index (χ3n) is 5.10. The number of amides is 1. The summed E-state index contributed by atoms with van der Waals surface area (Å²) in [6.07, 6.45) is 0.869. The number of fused-ring (bicyclic) bond motifs is 2. The van der Waals surface area contributed by atoms with Crippen LogP contribution in [0.3, 0.4) is 0 Å². The molecule has 8 heteroatoms. The van der Waals surface area contributed by atoms with Crippen molar-refractivity contribution in [2.75, 3.05) is 11.7 Å². The van der Waals surface area contributed by atoms with Crippen LogP contribution in [0.2, 0.25) is 0 Å². The minimum atomic E-state index is -0.353. The van der Waals surface area contributed by atoms with E-state index >= 15 is 0 Å². The molecule has 7 nitrogen and oxygen atoms in total. The van der Waals surface area contributed by atoms with Crippen molar-refractivity contribution in [1.82, 2.24) is 10.2 Å². The number of para-hydroxylation sites is 1. The SMILES string of the molecule is C[C@H](Sc1nnc(-c2ccc3c(c2)OCO3)o1)C(=O)N1c2ccccc2C[C@@H]1C. The summed E-state index contributed by atoms with van der Waals surface area (Å²) in [6.45, 7) is 4.15. The van der Waals surface area contributed by atoms with Gasteiger partial charge in [0.05, 0.1) is 5.25 Å². The van der Waals surface area contributed by atoms with Crippen molar-refractivity contribution in [2.24, 2.45) is 0 Å². The van der Waals surface area contributed by atoms with Crippen LogP contribution in [0.15, 0.2) is 52.1 Å². The van der Waals surface area contributed by atoms with E-state index in [4.69, 9.17) is 13.9 Å². The quantitative estimate of drug-likeness (QED) is 0.604. The number of anilines is 1. The Labute approximate surface area is 172 Å². The molecule has 0 bridgehead atoms. The van der Waals surface area contributed by atoms with Crippen LogP contribution >= 0.6 is 11.8 Å². The van der Waals surface area contributed by atoms with E-state index in [1.807, 2.05) is 48.2 Å². The Hall–Kier alpha value is -3.00. The summed E-state index contributed by atoms with van der Waals surface area (Å²) >= 11 is 1.27. The molecular weight excluding hydrogens is 390 g/mol. The predicted molar refractivity (Wildman–Crippen MR) is 108 cm³/mol. The Morgan fingerprint density at radius 3 is 2.90 bits per heavy atom. The van der Waals surface area contributed by atoms with Gasteiger partial charge in [-0.3, -0.25) is 4.79 Å². The normalized spacial score (nSPS) is 18.0. The number of rotatable bonds is 4. The van der Waals surface area contributed by atoms with E-state index in [1.54, 1.807) is 0 Å². The zero-order valence-electron chi connectivity index (χ0n) is 16.0. The number of carbonyl (C=O) groups is 1. The molecule has 0 saturated carbocycles. The Balaban J connectivity index is 1.32. The molecule has 0 saturated heterocycles. The molecule has 148 valence electrons. The van der Waals surface area contributed by atoms with Gasteiger partial charge in [0.15, 0.2) is 11.5 Å². The van der Waals surface area contributed by atoms with E-state index in [2.05, 4.69) is 23.2 Å². The first-order valence-corrected chi connectivity index (χ1v) is 10.3. The number of hydrogen-bond acceptors (Lipinski definition) is 7. The molecule has 0 unspecified atom stereocenters. The second-order valence-corrected chi connectivity index (χ2v) is 8.38. The van der Waals surface area contributed by atoms with Crippen LogP contribution in [0.5, 0.6) is 11.5 Å². The van der Waals surface area contributed by atoms with Gasteiger partial charge in [-0.05, 0) is 50.1 Å². The van der Waals surface area contributed by atoms with Gasteiger partial charge in [-0.2, -0.15) is 0 Å². The lowest BCUT2D eigenvalue weighted by Gasteiger charge is -2.25. The fourth-order valence-corrected chi connectivity index (χ4v) is 4.43. The summed E-state index contributed by atoms with van der Waals surface area (Å²) in [6, 6.07) is 13.6.